The standard InChI is InChI=1S/C19H21ClN2O3S/c20-15-8-6-13(7-9-15)12-16-18(24)22(19(25)26-16)11-10-21-17(23)14-4-2-1-3-5-14/h6-9,12,14H,1-5,10-11H2,(H,21,23)/b16-12-. The quantitative estimate of drug-likeness (QED) is 0.767. The maximum absolute atomic E-state index is 12.4. The van der Waals surface area contributed by atoms with Crippen LogP contribution in [0.15, 0.2) is 29.2 Å². The van der Waals surface area contributed by atoms with Crippen molar-refractivity contribution in [1.82, 2.24) is 10.2 Å². The molecule has 2 aliphatic rings. The minimum absolute atomic E-state index is 0.0355. The maximum atomic E-state index is 12.4. The summed E-state index contributed by atoms with van der Waals surface area (Å²) >= 11 is 6.77. The molecule has 1 aromatic rings. The number of nitrogens with zero attached hydrogens (tertiary/aromatic N) is 1. The second-order valence-electron chi connectivity index (χ2n) is 6.51. The SMILES string of the molecule is O=C(NCCN1C(=O)S/C(=C\c2ccc(Cl)cc2)C1=O)C1CCCCC1. The van der Waals surface area contributed by atoms with Crippen LogP contribution in [-0.2, 0) is 9.59 Å². The number of rotatable bonds is 5. The molecular formula is C19H21ClN2O3S. The number of imide groups is 1. The Morgan fingerprint density at radius 1 is 1.19 bits per heavy atom. The van der Waals surface area contributed by atoms with Crippen LogP contribution in [-0.4, -0.2) is 35.0 Å². The molecule has 5 nitrogen and oxygen atoms in total. The number of carbonyl (C=O) groups is 3. The van der Waals surface area contributed by atoms with Crippen LogP contribution in [0.3, 0.4) is 0 Å². The highest BCUT2D eigenvalue weighted by Gasteiger charge is 2.34. The molecule has 1 heterocycles. The van der Waals surface area contributed by atoms with Crippen molar-refractivity contribution in [3.63, 3.8) is 0 Å². The summed E-state index contributed by atoms with van der Waals surface area (Å²) < 4.78 is 0. The zero-order chi connectivity index (χ0) is 18.5. The molecule has 3 amide bonds. The van der Waals surface area contributed by atoms with Gasteiger partial charge in [0.25, 0.3) is 11.1 Å². The van der Waals surface area contributed by atoms with E-state index in [-0.39, 0.29) is 29.5 Å². The molecular weight excluding hydrogens is 372 g/mol. The van der Waals surface area contributed by atoms with Gasteiger partial charge < -0.3 is 5.32 Å². The van der Waals surface area contributed by atoms with Crippen molar-refractivity contribution in [2.75, 3.05) is 13.1 Å². The highest BCUT2D eigenvalue weighted by molar-refractivity contribution is 8.18. The van der Waals surface area contributed by atoms with Gasteiger partial charge in [0, 0.05) is 24.0 Å². The van der Waals surface area contributed by atoms with Gasteiger partial charge in [-0.3, -0.25) is 19.3 Å². The fourth-order valence-electron chi connectivity index (χ4n) is 3.20. The van der Waals surface area contributed by atoms with Crippen LogP contribution in [0.1, 0.15) is 37.7 Å². The summed E-state index contributed by atoms with van der Waals surface area (Å²) in [5.74, 6) is -0.210. The summed E-state index contributed by atoms with van der Waals surface area (Å²) in [6.45, 7) is 0.489. The highest BCUT2D eigenvalue weighted by Crippen LogP contribution is 2.32. The van der Waals surface area contributed by atoms with Crippen molar-refractivity contribution in [3.05, 3.63) is 39.8 Å². The lowest BCUT2D eigenvalue weighted by atomic mass is 9.89. The molecule has 1 aromatic carbocycles. The number of carbonyl (C=O) groups excluding carboxylic acids is 3. The molecule has 1 saturated carbocycles. The van der Waals surface area contributed by atoms with Crippen molar-refractivity contribution in [2.24, 2.45) is 5.92 Å². The van der Waals surface area contributed by atoms with E-state index in [0.29, 0.717) is 16.5 Å². The molecule has 0 radical (unpaired) electrons. The Labute approximate surface area is 162 Å². The van der Waals surface area contributed by atoms with Gasteiger partial charge in [0.1, 0.15) is 0 Å². The third-order valence-corrected chi connectivity index (χ3v) is 5.81. The minimum atomic E-state index is -0.318. The molecule has 0 atom stereocenters. The van der Waals surface area contributed by atoms with Gasteiger partial charge in [0.2, 0.25) is 5.91 Å². The van der Waals surface area contributed by atoms with Gasteiger partial charge in [-0.2, -0.15) is 0 Å². The van der Waals surface area contributed by atoms with Crippen LogP contribution >= 0.6 is 23.4 Å². The number of nitrogens with one attached hydrogen (secondary N) is 1. The first-order valence-corrected chi connectivity index (χ1v) is 10.0. The van der Waals surface area contributed by atoms with E-state index in [2.05, 4.69) is 5.32 Å². The Morgan fingerprint density at radius 3 is 2.58 bits per heavy atom. The van der Waals surface area contributed by atoms with Crippen molar-refractivity contribution in [1.29, 1.82) is 0 Å². The van der Waals surface area contributed by atoms with Crippen LogP contribution in [0.2, 0.25) is 5.02 Å². The Kier molecular flexibility index (Phi) is 6.38. The fourth-order valence-corrected chi connectivity index (χ4v) is 4.19. The number of amides is 3. The van der Waals surface area contributed by atoms with Crippen LogP contribution in [0.4, 0.5) is 4.79 Å². The van der Waals surface area contributed by atoms with Gasteiger partial charge in [-0.1, -0.05) is 43.0 Å². The molecule has 1 N–H and O–H groups in total. The topological polar surface area (TPSA) is 66.5 Å². The van der Waals surface area contributed by atoms with Crippen LogP contribution < -0.4 is 5.32 Å². The molecule has 2 fully saturated rings. The third-order valence-electron chi connectivity index (χ3n) is 4.65. The lowest BCUT2D eigenvalue weighted by molar-refractivity contribution is -0.127. The van der Waals surface area contributed by atoms with Gasteiger partial charge in [-0.25, -0.2) is 0 Å². The summed E-state index contributed by atoms with van der Waals surface area (Å²) in [5.41, 5.74) is 0.811. The molecule has 7 heteroatoms. The summed E-state index contributed by atoms with van der Waals surface area (Å²) in [7, 11) is 0. The second-order valence-corrected chi connectivity index (χ2v) is 7.94. The van der Waals surface area contributed by atoms with Gasteiger partial charge >= 0.3 is 0 Å². The lowest BCUT2D eigenvalue weighted by Gasteiger charge is -2.21. The number of thioether (sulfide) groups is 1. The molecule has 0 spiro atoms. The predicted molar refractivity (Wildman–Crippen MR) is 104 cm³/mol. The van der Waals surface area contributed by atoms with Crippen molar-refractivity contribution >= 4 is 46.5 Å². The van der Waals surface area contributed by atoms with Crippen LogP contribution in [0.25, 0.3) is 6.08 Å². The smallest absolute Gasteiger partial charge is 0.293 e. The summed E-state index contributed by atoms with van der Waals surface area (Å²) in [6, 6.07) is 7.05. The van der Waals surface area contributed by atoms with Gasteiger partial charge in [-0.05, 0) is 48.4 Å². The van der Waals surface area contributed by atoms with Gasteiger partial charge in [0.05, 0.1) is 4.91 Å². The number of benzene rings is 1. The number of halogens is 1. The average molecular weight is 393 g/mol. The average Bonchev–Trinajstić information content (AvgIpc) is 2.91. The molecule has 0 aromatic heterocycles. The Bertz CT molecular complexity index is 727. The zero-order valence-corrected chi connectivity index (χ0v) is 15.9. The molecule has 138 valence electrons. The first kappa shape index (κ1) is 19.0. The van der Waals surface area contributed by atoms with Gasteiger partial charge in [-0.15, -0.1) is 0 Å². The van der Waals surface area contributed by atoms with E-state index >= 15 is 0 Å². The predicted octanol–water partition coefficient (Wildman–Crippen LogP) is 4.07. The normalized spacial score (nSPS) is 20.0. The van der Waals surface area contributed by atoms with E-state index in [1.54, 1.807) is 30.3 Å². The Morgan fingerprint density at radius 2 is 1.88 bits per heavy atom. The molecule has 1 aliphatic heterocycles. The molecule has 26 heavy (non-hydrogen) atoms. The monoisotopic (exact) mass is 392 g/mol. The summed E-state index contributed by atoms with van der Waals surface area (Å²) in [5, 5.41) is 3.17. The molecule has 1 aliphatic carbocycles. The second kappa shape index (κ2) is 8.73. The van der Waals surface area contributed by atoms with Crippen molar-refractivity contribution < 1.29 is 14.4 Å². The lowest BCUT2D eigenvalue weighted by Crippen LogP contribution is -2.39. The van der Waals surface area contributed by atoms with E-state index in [0.717, 1.165) is 43.0 Å². The van der Waals surface area contributed by atoms with Crippen molar-refractivity contribution in [2.45, 2.75) is 32.1 Å². The first-order chi connectivity index (χ1) is 12.5. The number of hydrogen-bond donors (Lipinski definition) is 1. The van der Waals surface area contributed by atoms with E-state index in [9.17, 15) is 14.4 Å². The van der Waals surface area contributed by atoms with Crippen molar-refractivity contribution in [3.8, 4) is 0 Å². The van der Waals surface area contributed by atoms with E-state index in [1.165, 1.54) is 11.3 Å². The fraction of sp³-hybridized carbons (Fsp3) is 0.421. The van der Waals surface area contributed by atoms with E-state index in [1.807, 2.05) is 0 Å². The summed E-state index contributed by atoms with van der Waals surface area (Å²) in [4.78, 5) is 38.3. The van der Waals surface area contributed by atoms with Crippen LogP contribution in [0.5, 0.6) is 0 Å². The molecule has 1 saturated heterocycles. The highest BCUT2D eigenvalue weighted by atomic mass is 35.5. The Hall–Kier alpha value is -1.79. The molecule has 0 bridgehead atoms. The largest absolute Gasteiger partial charge is 0.354 e. The zero-order valence-electron chi connectivity index (χ0n) is 14.4. The minimum Gasteiger partial charge on any atom is -0.354 e. The van der Waals surface area contributed by atoms with Crippen LogP contribution in [0, 0.1) is 5.92 Å². The summed E-state index contributed by atoms with van der Waals surface area (Å²) in [6.07, 6.45) is 6.92. The molecule has 0 unspecified atom stereocenters. The van der Waals surface area contributed by atoms with E-state index < -0.39 is 0 Å². The molecule has 3 rings (SSSR count). The van der Waals surface area contributed by atoms with E-state index in [4.69, 9.17) is 11.6 Å². The number of hydrogen-bond acceptors (Lipinski definition) is 4. The van der Waals surface area contributed by atoms with Gasteiger partial charge in [0.15, 0.2) is 0 Å². The third kappa shape index (κ3) is 4.68. The maximum Gasteiger partial charge on any atom is 0.293 e. The Balaban J connectivity index is 1.53. The first-order valence-electron chi connectivity index (χ1n) is 8.83.